The molecule has 7 nitrogen and oxygen atoms in total. The van der Waals surface area contributed by atoms with E-state index in [-0.39, 0.29) is 5.91 Å². The topological polar surface area (TPSA) is 90.7 Å². The van der Waals surface area contributed by atoms with E-state index < -0.39 is 5.63 Å². The summed E-state index contributed by atoms with van der Waals surface area (Å²) in [5.41, 5.74) is 4.28. The van der Waals surface area contributed by atoms with Gasteiger partial charge in [0.25, 0.3) is 5.91 Å². The molecule has 0 unspecified atom stereocenters. The Kier molecular flexibility index (Phi) is 5.49. The van der Waals surface area contributed by atoms with Crippen LogP contribution in [0.2, 0.25) is 0 Å². The van der Waals surface area contributed by atoms with Gasteiger partial charge in [0.1, 0.15) is 12.2 Å². The minimum absolute atomic E-state index is 0.313. The first-order valence-electron chi connectivity index (χ1n) is 9.07. The monoisotopic (exact) mass is 422 g/mol. The third-order valence-corrected chi connectivity index (χ3v) is 5.13. The van der Waals surface area contributed by atoms with Crippen LogP contribution in [-0.4, -0.2) is 18.0 Å². The van der Waals surface area contributed by atoms with E-state index in [1.165, 1.54) is 24.5 Å². The summed E-state index contributed by atoms with van der Waals surface area (Å²) in [6, 6.07) is 11.6. The summed E-state index contributed by atoms with van der Waals surface area (Å²) in [6.45, 7) is 2.15. The van der Waals surface area contributed by atoms with Gasteiger partial charge >= 0.3 is 5.63 Å². The Balaban J connectivity index is 1.53. The van der Waals surface area contributed by atoms with Crippen LogP contribution >= 0.6 is 11.3 Å². The number of benzene rings is 2. The summed E-state index contributed by atoms with van der Waals surface area (Å²) in [5.74, 6) is 0.636. The number of anilines is 1. The molecule has 0 aliphatic heterocycles. The Labute approximate surface area is 175 Å². The molecule has 0 spiro atoms. The molecule has 0 saturated heterocycles. The van der Waals surface area contributed by atoms with E-state index >= 15 is 0 Å². The van der Waals surface area contributed by atoms with E-state index in [4.69, 9.17) is 13.9 Å². The molecule has 8 heteroatoms. The van der Waals surface area contributed by atoms with Crippen LogP contribution in [0.4, 0.5) is 5.69 Å². The number of hydrogen-bond donors (Lipinski definition) is 1. The Morgan fingerprint density at radius 3 is 2.80 bits per heavy atom. The molecule has 1 amide bonds. The lowest BCUT2D eigenvalue weighted by Crippen LogP contribution is -2.12. The fraction of sp³-hybridized carbons (Fsp3) is 0.136. The molecule has 4 aromatic rings. The first-order chi connectivity index (χ1) is 14.5. The number of rotatable bonds is 6. The number of nitrogens with zero attached hydrogens (tertiary/aromatic N) is 1. The molecule has 1 N–H and O–H groups in total. The molecule has 0 bridgehead atoms. The van der Waals surface area contributed by atoms with Crippen LogP contribution in [0.3, 0.4) is 0 Å². The molecule has 0 saturated carbocycles. The second kappa shape index (κ2) is 8.38. The molecular formula is C22H18N2O5S. The number of hydrogen-bond acceptors (Lipinski definition) is 7. The van der Waals surface area contributed by atoms with Gasteiger partial charge in [-0.3, -0.25) is 4.79 Å². The highest BCUT2D eigenvalue weighted by molar-refractivity contribution is 7.07. The SMILES string of the molecule is COc1cc(C(=O)Nc2ccc3c(C)cc(=O)oc3c2)ccc1OCc1cscn1. The van der Waals surface area contributed by atoms with E-state index in [1.807, 2.05) is 12.3 Å². The standard InChI is InChI=1S/C22H18N2O5S/c1-13-7-21(25)29-19-9-15(4-5-17(13)19)24-22(26)14-3-6-18(20(8-14)27-2)28-10-16-11-30-12-23-16/h3-9,11-12H,10H2,1-2H3,(H,24,26). The number of methoxy groups -OCH3 is 1. The van der Waals surface area contributed by atoms with Gasteiger partial charge in [0, 0.05) is 34.1 Å². The molecule has 0 aliphatic carbocycles. The highest BCUT2D eigenvalue weighted by Crippen LogP contribution is 2.29. The third kappa shape index (κ3) is 4.18. The van der Waals surface area contributed by atoms with Gasteiger partial charge in [-0.05, 0) is 42.8 Å². The molecule has 0 aliphatic rings. The summed E-state index contributed by atoms with van der Waals surface area (Å²) < 4.78 is 16.3. The van der Waals surface area contributed by atoms with Gasteiger partial charge in [-0.15, -0.1) is 11.3 Å². The molecule has 0 atom stereocenters. The van der Waals surface area contributed by atoms with Gasteiger partial charge in [0.2, 0.25) is 0 Å². The summed E-state index contributed by atoms with van der Waals surface area (Å²) in [5, 5.41) is 5.53. The van der Waals surface area contributed by atoms with Gasteiger partial charge in [-0.25, -0.2) is 9.78 Å². The van der Waals surface area contributed by atoms with Crippen LogP contribution in [0.1, 0.15) is 21.6 Å². The lowest BCUT2D eigenvalue weighted by Gasteiger charge is -2.12. The number of thiazole rings is 1. The first kappa shape index (κ1) is 19.7. The Morgan fingerprint density at radius 2 is 2.03 bits per heavy atom. The van der Waals surface area contributed by atoms with Gasteiger partial charge < -0.3 is 19.2 Å². The minimum atomic E-state index is -0.429. The molecule has 4 rings (SSSR count). The Hall–Kier alpha value is -3.65. The molecular weight excluding hydrogens is 404 g/mol. The first-order valence-corrected chi connectivity index (χ1v) is 10.0. The van der Waals surface area contributed by atoms with Crippen molar-refractivity contribution in [2.75, 3.05) is 12.4 Å². The number of nitrogens with one attached hydrogen (secondary N) is 1. The van der Waals surface area contributed by atoms with E-state index in [0.717, 1.165) is 16.6 Å². The van der Waals surface area contributed by atoms with Crippen molar-refractivity contribution in [3.8, 4) is 11.5 Å². The lowest BCUT2D eigenvalue weighted by atomic mass is 10.1. The molecule has 0 fully saturated rings. The second-order valence-corrected chi connectivity index (χ2v) is 7.27. The van der Waals surface area contributed by atoms with Crippen LogP contribution < -0.4 is 20.4 Å². The minimum Gasteiger partial charge on any atom is -0.493 e. The fourth-order valence-corrected chi connectivity index (χ4v) is 3.54. The van der Waals surface area contributed by atoms with Crippen LogP contribution in [0.15, 0.2) is 62.6 Å². The maximum atomic E-state index is 12.7. The van der Waals surface area contributed by atoms with Crippen LogP contribution in [-0.2, 0) is 6.61 Å². The average Bonchev–Trinajstić information content (AvgIpc) is 3.25. The number of carbonyl (C=O) groups is 1. The summed E-state index contributed by atoms with van der Waals surface area (Å²) in [4.78, 5) is 28.5. The Bertz CT molecular complexity index is 1260. The zero-order valence-corrected chi connectivity index (χ0v) is 17.1. The van der Waals surface area contributed by atoms with Crippen molar-refractivity contribution in [1.29, 1.82) is 0 Å². The zero-order valence-electron chi connectivity index (χ0n) is 16.3. The summed E-state index contributed by atoms with van der Waals surface area (Å²) >= 11 is 1.49. The molecule has 2 aromatic carbocycles. The summed E-state index contributed by atoms with van der Waals surface area (Å²) in [7, 11) is 1.51. The van der Waals surface area contributed by atoms with Crippen LogP contribution in [0.25, 0.3) is 11.0 Å². The number of aromatic nitrogens is 1. The van der Waals surface area contributed by atoms with Gasteiger partial charge in [0.15, 0.2) is 11.5 Å². The molecule has 152 valence electrons. The number of ether oxygens (including phenoxy) is 2. The van der Waals surface area contributed by atoms with Crippen molar-refractivity contribution >= 4 is 33.9 Å². The lowest BCUT2D eigenvalue weighted by molar-refractivity contribution is 0.102. The van der Waals surface area contributed by atoms with E-state index in [1.54, 1.807) is 41.9 Å². The predicted octanol–water partition coefficient (Wildman–Crippen LogP) is 4.40. The molecule has 0 radical (unpaired) electrons. The van der Waals surface area contributed by atoms with Crippen LogP contribution in [0, 0.1) is 6.92 Å². The van der Waals surface area contributed by atoms with Crippen LogP contribution in [0.5, 0.6) is 11.5 Å². The van der Waals surface area contributed by atoms with E-state index in [2.05, 4.69) is 10.3 Å². The maximum Gasteiger partial charge on any atom is 0.336 e. The summed E-state index contributed by atoms with van der Waals surface area (Å²) in [6.07, 6.45) is 0. The largest absolute Gasteiger partial charge is 0.493 e. The number of fused-ring (bicyclic) bond motifs is 1. The highest BCUT2D eigenvalue weighted by atomic mass is 32.1. The van der Waals surface area contributed by atoms with Crippen molar-refractivity contribution in [2.45, 2.75) is 13.5 Å². The van der Waals surface area contributed by atoms with Gasteiger partial charge in [-0.2, -0.15) is 0 Å². The Morgan fingerprint density at radius 1 is 1.17 bits per heavy atom. The van der Waals surface area contributed by atoms with Crippen molar-refractivity contribution in [3.05, 3.63) is 80.6 Å². The van der Waals surface area contributed by atoms with E-state index in [9.17, 15) is 9.59 Å². The van der Waals surface area contributed by atoms with Crippen molar-refractivity contribution in [1.82, 2.24) is 4.98 Å². The third-order valence-electron chi connectivity index (χ3n) is 4.49. The molecule has 2 aromatic heterocycles. The number of amides is 1. The van der Waals surface area contributed by atoms with Crippen molar-refractivity contribution in [2.24, 2.45) is 0 Å². The molecule has 2 heterocycles. The van der Waals surface area contributed by atoms with E-state index in [0.29, 0.717) is 34.9 Å². The number of aryl methyl sites for hydroxylation is 1. The highest BCUT2D eigenvalue weighted by Gasteiger charge is 2.13. The second-order valence-electron chi connectivity index (χ2n) is 6.55. The zero-order chi connectivity index (χ0) is 21.1. The maximum absolute atomic E-state index is 12.7. The van der Waals surface area contributed by atoms with Crippen molar-refractivity contribution < 1.29 is 18.7 Å². The van der Waals surface area contributed by atoms with Gasteiger partial charge in [-0.1, -0.05) is 0 Å². The predicted molar refractivity (Wildman–Crippen MR) is 115 cm³/mol. The molecule has 30 heavy (non-hydrogen) atoms. The average molecular weight is 422 g/mol. The van der Waals surface area contributed by atoms with Crippen molar-refractivity contribution in [3.63, 3.8) is 0 Å². The normalized spacial score (nSPS) is 10.7. The fourth-order valence-electron chi connectivity index (χ4n) is 2.99. The smallest absolute Gasteiger partial charge is 0.336 e. The number of carbonyl (C=O) groups excluding carboxylic acids is 1. The van der Waals surface area contributed by atoms with Gasteiger partial charge in [0.05, 0.1) is 18.3 Å². The quantitative estimate of drug-likeness (QED) is 0.463.